The Bertz CT molecular complexity index is 1740. The van der Waals surface area contributed by atoms with Crippen LogP contribution in [0.15, 0.2) is 73.6 Å². The smallest absolute Gasteiger partial charge is 0.245 e. The lowest BCUT2D eigenvalue weighted by Gasteiger charge is -2.45. The molecule has 1 saturated carbocycles. The molecule has 3 fully saturated rings. The van der Waals surface area contributed by atoms with Gasteiger partial charge in [-0.25, -0.2) is 9.97 Å². The minimum atomic E-state index is -0.330. The van der Waals surface area contributed by atoms with Crippen LogP contribution in [0.3, 0.4) is 0 Å². The number of benzene rings is 2. The van der Waals surface area contributed by atoms with Crippen LogP contribution in [0.5, 0.6) is 11.5 Å². The summed E-state index contributed by atoms with van der Waals surface area (Å²) in [6, 6.07) is 18.2. The van der Waals surface area contributed by atoms with Gasteiger partial charge in [-0.1, -0.05) is 42.8 Å². The van der Waals surface area contributed by atoms with Crippen molar-refractivity contribution in [1.29, 1.82) is 0 Å². The monoisotopic (exact) mass is 588 g/mol. The second-order valence-electron chi connectivity index (χ2n) is 12.0. The standard InChI is InChI=1S/C35H36N6O3/c1-2-31(43)39-16-14-25(15-17-39)40-20-23(21-40)8-13-30-32(24-9-11-29(12-10-24)44-28-6-4-3-5-7-28)33-34(36)37-22-38-35(33)41(30)26-18-27(42)19-26/h2-7,9-12,22-23,25-27,42H,1,14-21H2,(H2,36,37,38). The van der Waals surface area contributed by atoms with Gasteiger partial charge in [0.2, 0.25) is 5.91 Å². The molecular formula is C35H36N6O3. The number of anilines is 1. The van der Waals surface area contributed by atoms with Gasteiger partial charge >= 0.3 is 0 Å². The molecule has 4 aromatic rings. The first kappa shape index (κ1) is 28.1. The number of nitrogens with two attached hydrogens (primary N) is 1. The van der Waals surface area contributed by atoms with E-state index >= 15 is 0 Å². The Kier molecular flexibility index (Phi) is 7.54. The molecule has 0 atom stereocenters. The van der Waals surface area contributed by atoms with Crippen LogP contribution in [0.1, 0.15) is 37.4 Å². The van der Waals surface area contributed by atoms with E-state index in [0.717, 1.165) is 78.4 Å². The predicted octanol–water partition coefficient (Wildman–Crippen LogP) is 4.63. The number of aliphatic hydroxyl groups excluding tert-OH is 1. The Labute approximate surface area is 257 Å². The largest absolute Gasteiger partial charge is 0.457 e. The predicted molar refractivity (Wildman–Crippen MR) is 170 cm³/mol. The molecule has 0 unspecified atom stereocenters. The van der Waals surface area contributed by atoms with Crippen LogP contribution >= 0.6 is 0 Å². The molecule has 9 heteroatoms. The lowest BCUT2D eigenvalue weighted by molar-refractivity contribution is -0.127. The van der Waals surface area contributed by atoms with Gasteiger partial charge in [-0.2, -0.15) is 0 Å². The van der Waals surface area contributed by atoms with Gasteiger partial charge in [-0.3, -0.25) is 9.69 Å². The van der Waals surface area contributed by atoms with Crippen molar-refractivity contribution >= 4 is 22.8 Å². The second-order valence-corrected chi connectivity index (χ2v) is 12.0. The molecule has 44 heavy (non-hydrogen) atoms. The maximum atomic E-state index is 12.0. The SMILES string of the molecule is C=CC(=O)N1CCC(N2CC(C#Cc3c(-c4ccc(Oc5ccccc5)cc4)c4c(N)ncnc4n3C3CC(O)C3)C2)CC1. The van der Waals surface area contributed by atoms with Crippen LogP contribution in [-0.2, 0) is 4.79 Å². The topological polar surface area (TPSA) is 110 Å². The van der Waals surface area contributed by atoms with Gasteiger partial charge in [0.15, 0.2) is 0 Å². The van der Waals surface area contributed by atoms with Gasteiger partial charge in [0, 0.05) is 49.7 Å². The highest BCUT2D eigenvalue weighted by Gasteiger charge is 2.36. The van der Waals surface area contributed by atoms with E-state index in [1.54, 1.807) is 0 Å². The number of aliphatic hydroxyl groups is 1. The first-order chi connectivity index (χ1) is 21.5. The summed E-state index contributed by atoms with van der Waals surface area (Å²) in [6.45, 7) is 6.99. The van der Waals surface area contributed by atoms with Crippen molar-refractivity contribution < 1.29 is 14.6 Å². The van der Waals surface area contributed by atoms with E-state index in [1.807, 2.05) is 59.5 Å². The number of para-hydroxylation sites is 1. The van der Waals surface area contributed by atoms with E-state index in [2.05, 4.69) is 37.9 Å². The number of likely N-dealkylation sites (tertiary alicyclic amines) is 2. The first-order valence-electron chi connectivity index (χ1n) is 15.3. The quantitative estimate of drug-likeness (QED) is 0.250. The summed E-state index contributed by atoms with van der Waals surface area (Å²) in [5, 5.41) is 11.0. The number of hydrogen-bond acceptors (Lipinski definition) is 7. The van der Waals surface area contributed by atoms with Crippen LogP contribution in [0.2, 0.25) is 0 Å². The highest BCUT2D eigenvalue weighted by atomic mass is 16.5. The summed E-state index contributed by atoms with van der Waals surface area (Å²) >= 11 is 0. The van der Waals surface area contributed by atoms with Crippen molar-refractivity contribution in [2.24, 2.45) is 5.92 Å². The van der Waals surface area contributed by atoms with Crippen LogP contribution in [0, 0.1) is 17.8 Å². The molecule has 1 aliphatic carbocycles. The van der Waals surface area contributed by atoms with Gasteiger partial charge in [-0.05, 0) is 67.5 Å². The fourth-order valence-electron chi connectivity index (χ4n) is 6.65. The minimum Gasteiger partial charge on any atom is -0.457 e. The van der Waals surface area contributed by atoms with Crippen molar-refractivity contribution in [3.8, 4) is 34.5 Å². The molecular weight excluding hydrogens is 552 g/mol. The fourth-order valence-corrected chi connectivity index (χ4v) is 6.65. The Morgan fingerprint density at radius 2 is 1.70 bits per heavy atom. The molecule has 0 bridgehead atoms. The zero-order chi connectivity index (χ0) is 30.2. The molecule has 2 aromatic carbocycles. The van der Waals surface area contributed by atoms with E-state index in [9.17, 15) is 9.90 Å². The first-order valence-corrected chi connectivity index (χ1v) is 15.3. The number of aromatic nitrogens is 3. The zero-order valence-electron chi connectivity index (χ0n) is 24.6. The second kappa shape index (κ2) is 11.8. The van der Waals surface area contributed by atoms with Crippen LogP contribution in [0.4, 0.5) is 5.82 Å². The van der Waals surface area contributed by atoms with Crippen molar-refractivity contribution in [1.82, 2.24) is 24.3 Å². The number of carbonyl (C=O) groups is 1. The molecule has 1 amide bonds. The van der Waals surface area contributed by atoms with Crippen molar-refractivity contribution in [2.45, 2.75) is 43.9 Å². The molecule has 0 spiro atoms. The highest BCUT2D eigenvalue weighted by Crippen LogP contribution is 2.43. The van der Waals surface area contributed by atoms with E-state index < -0.39 is 0 Å². The third-order valence-corrected chi connectivity index (χ3v) is 9.16. The number of rotatable bonds is 6. The number of piperidine rings is 1. The number of ether oxygens (including phenoxy) is 1. The molecule has 7 rings (SSSR count). The molecule has 3 N–H and O–H groups in total. The van der Waals surface area contributed by atoms with Crippen LogP contribution in [0.25, 0.3) is 22.2 Å². The third-order valence-electron chi connectivity index (χ3n) is 9.16. The average Bonchev–Trinajstić information content (AvgIpc) is 3.34. The van der Waals surface area contributed by atoms with E-state index in [4.69, 9.17) is 10.5 Å². The van der Waals surface area contributed by atoms with Gasteiger partial charge in [0.05, 0.1) is 11.5 Å². The summed E-state index contributed by atoms with van der Waals surface area (Å²) in [7, 11) is 0. The van der Waals surface area contributed by atoms with Gasteiger partial charge in [0.25, 0.3) is 0 Å². The van der Waals surface area contributed by atoms with Gasteiger partial charge in [-0.15, -0.1) is 0 Å². The molecule has 2 saturated heterocycles. The van der Waals surface area contributed by atoms with Crippen LogP contribution in [-0.4, -0.2) is 73.7 Å². The maximum Gasteiger partial charge on any atom is 0.245 e. The molecule has 224 valence electrons. The van der Waals surface area contributed by atoms with E-state index in [1.165, 1.54) is 12.4 Å². The molecule has 2 aromatic heterocycles. The normalized spacial score (nSPS) is 20.8. The number of amides is 1. The summed E-state index contributed by atoms with van der Waals surface area (Å²) < 4.78 is 8.20. The summed E-state index contributed by atoms with van der Waals surface area (Å²) in [5.41, 5.74) is 9.97. The lowest BCUT2D eigenvalue weighted by atomic mass is 9.89. The lowest BCUT2D eigenvalue weighted by Crippen LogP contribution is -2.55. The van der Waals surface area contributed by atoms with Crippen LogP contribution < -0.4 is 10.5 Å². The number of fused-ring (bicyclic) bond motifs is 1. The Balaban J connectivity index is 1.18. The highest BCUT2D eigenvalue weighted by molar-refractivity contribution is 6.03. The summed E-state index contributed by atoms with van der Waals surface area (Å²) in [4.78, 5) is 25.3. The molecule has 4 heterocycles. The number of hydrogen-bond donors (Lipinski definition) is 2. The molecule has 9 nitrogen and oxygen atoms in total. The third kappa shape index (κ3) is 5.32. The maximum absolute atomic E-state index is 12.0. The summed E-state index contributed by atoms with van der Waals surface area (Å²) in [6.07, 6.45) is 5.82. The number of nitrogens with zero attached hydrogens (tertiary/aromatic N) is 5. The number of carbonyl (C=O) groups excluding carboxylic acids is 1. The molecule has 2 aliphatic heterocycles. The van der Waals surface area contributed by atoms with Gasteiger partial charge in [0.1, 0.15) is 35.0 Å². The Hall–Kier alpha value is -4.65. The van der Waals surface area contributed by atoms with Gasteiger partial charge < -0.3 is 25.0 Å². The van der Waals surface area contributed by atoms with E-state index in [0.29, 0.717) is 24.7 Å². The minimum absolute atomic E-state index is 0.0182. The zero-order valence-corrected chi connectivity index (χ0v) is 24.6. The van der Waals surface area contributed by atoms with Crippen molar-refractivity contribution in [3.05, 3.63) is 79.3 Å². The summed E-state index contributed by atoms with van der Waals surface area (Å²) in [5.74, 6) is 9.30. The van der Waals surface area contributed by atoms with Crippen molar-refractivity contribution in [3.63, 3.8) is 0 Å². The molecule has 0 radical (unpaired) electrons. The average molecular weight is 589 g/mol. The van der Waals surface area contributed by atoms with Crippen molar-refractivity contribution in [2.75, 3.05) is 31.9 Å². The number of nitrogen functional groups attached to an aromatic ring is 1. The fraction of sp³-hybridized carbons (Fsp3) is 0.343. The Morgan fingerprint density at radius 1 is 1.00 bits per heavy atom. The van der Waals surface area contributed by atoms with E-state index in [-0.39, 0.29) is 24.0 Å². The molecule has 3 aliphatic rings. The Morgan fingerprint density at radius 3 is 2.39 bits per heavy atom.